The Balaban J connectivity index is 2.85. The molecule has 0 aliphatic heterocycles. The maximum absolute atomic E-state index is 12.4. The maximum atomic E-state index is 12.4. The van der Waals surface area contributed by atoms with Crippen LogP contribution in [-0.4, -0.2) is 26.2 Å². The second-order valence-corrected chi connectivity index (χ2v) is 3.63. The SMILES string of the molecule is CCN(CC(=O)OC)c1ccc(C(F)(F)F)cc1. The first-order valence-electron chi connectivity index (χ1n) is 5.37. The third-order valence-electron chi connectivity index (χ3n) is 2.49. The smallest absolute Gasteiger partial charge is 0.416 e. The summed E-state index contributed by atoms with van der Waals surface area (Å²) in [6.45, 7) is 2.32. The Morgan fingerprint density at radius 3 is 2.22 bits per heavy atom. The summed E-state index contributed by atoms with van der Waals surface area (Å²) in [5.74, 6) is -0.434. The number of benzene rings is 1. The van der Waals surface area contributed by atoms with Crippen LogP contribution >= 0.6 is 0 Å². The van der Waals surface area contributed by atoms with Crippen LogP contribution in [0.2, 0.25) is 0 Å². The summed E-state index contributed by atoms with van der Waals surface area (Å²) in [5.41, 5.74) is -0.156. The molecule has 100 valence electrons. The summed E-state index contributed by atoms with van der Waals surface area (Å²) in [4.78, 5) is 12.8. The predicted molar refractivity (Wildman–Crippen MR) is 61.3 cm³/mol. The summed E-state index contributed by atoms with van der Waals surface area (Å²) in [7, 11) is 1.27. The van der Waals surface area contributed by atoms with E-state index in [1.54, 1.807) is 11.8 Å². The lowest BCUT2D eigenvalue weighted by atomic mass is 10.2. The highest BCUT2D eigenvalue weighted by Crippen LogP contribution is 2.30. The second kappa shape index (κ2) is 5.75. The van der Waals surface area contributed by atoms with Crippen molar-refractivity contribution in [2.24, 2.45) is 0 Å². The first-order chi connectivity index (χ1) is 8.38. The first kappa shape index (κ1) is 14.3. The van der Waals surface area contributed by atoms with Crippen molar-refractivity contribution in [3.05, 3.63) is 29.8 Å². The molecule has 0 saturated carbocycles. The Kier molecular flexibility index (Phi) is 4.58. The van der Waals surface area contributed by atoms with E-state index in [-0.39, 0.29) is 6.54 Å². The second-order valence-electron chi connectivity index (χ2n) is 3.63. The zero-order chi connectivity index (χ0) is 13.8. The minimum Gasteiger partial charge on any atom is -0.468 e. The number of hydrogen-bond acceptors (Lipinski definition) is 3. The van der Waals surface area contributed by atoms with Crippen LogP contribution in [0.5, 0.6) is 0 Å². The van der Waals surface area contributed by atoms with Gasteiger partial charge in [0.05, 0.1) is 12.7 Å². The van der Waals surface area contributed by atoms with Gasteiger partial charge in [-0.25, -0.2) is 0 Å². The van der Waals surface area contributed by atoms with Gasteiger partial charge >= 0.3 is 12.1 Å². The van der Waals surface area contributed by atoms with Crippen molar-refractivity contribution in [3.8, 4) is 0 Å². The average molecular weight is 261 g/mol. The monoisotopic (exact) mass is 261 g/mol. The van der Waals surface area contributed by atoms with E-state index in [0.717, 1.165) is 12.1 Å². The summed E-state index contributed by atoms with van der Waals surface area (Å²) < 4.78 is 41.7. The molecule has 6 heteroatoms. The van der Waals surface area contributed by atoms with Crippen LogP contribution in [0.15, 0.2) is 24.3 Å². The van der Waals surface area contributed by atoms with E-state index in [4.69, 9.17) is 0 Å². The van der Waals surface area contributed by atoms with Crippen molar-refractivity contribution in [1.82, 2.24) is 0 Å². The molecule has 0 bridgehead atoms. The van der Waals surface area contributed by atoms with E-state index in [9.17, 15) is 18.0 Å². The molecule has 0 fully saturated rings. The quantitative estimate of drug-likeness (QED) is 0.780. The van der Waals surface area contributed by atoms with Crippen LogP contribution in [0.3, 0.4) is 0 Å². The van der Waals surface area contributed by atoms with Crippen molar-refractivity contribution in [3.63, 3.8) is 0 Å². The summed E-state index contributed by atoms with van der Waals surface area (Å²) >= 11 is 0. The molecule has 1 aromatic carbocycles. The number of hydrogen-bond donors (Lipinski definition) is 0. The van der Waals surface area contributed by atoms with Gasteiger partial charge in [-0.05, 0) is 31.2 Å². The van der Waals surface area contributed by atoms with Gasteiger partial charge < -0.3 is 9.64 Å². The summed E-state index contributed by atoms with van der Waals surface area (Å²) in [6.07, 6.45) is -4.35. The number of rotatable bonds is 4. The number of nitrogens with zero attached hydrogens (tertiary/aromatic N) is 1. The Bertz CT molecular complexity index is 401. The van der Waals surface area contributed by atoms with Gasteiger partial charge in [0.25, 0.3) is 0 Å². The van der Waals surface area contributed by atoms with Crippen LogP contribution in [0.4, 0.5) is 18.9 Å². The van der Waals surface area contributed by atoms with Gasteiger partial charge in [-0.2, -0.15) is 13.2 Å². The van der Waals surface area contributed by atoms with Crippen molar-refractivity contribution >= 4 is 11.7 Å². The molecule has 0 radical (unpaired) electrons. The molecule has 0 aliphatic carbocycles. The molecule has 0 unspecified atom stereocenters. The Labute approximate surface area is 103 Å². The van der Waals surface area contributed by atoms with Gasteiger partial charge in [0, 0.05) is 12.2 Å². The zero-order valence-corrected chi connectivity index (χ0v) is 10.1. The molecule has 0 amide bonds. The van der Waals surface area contributed by atoms with Crippen LogP contribution in [0.25, 0.3) is 0 Å². The van der Waals surface area contributed by atoms with Gasteiger partial charge in [-0.1, -0.05) is 0 Å². The molecular weight excluding hydrogens is 247 g/mol. The van der Waals surface area contributed by atoms with E-state index in [0.29, 0.717) is 12.2 Å². The number of ether oxygens (including phenoxy) is 1. The largest absolute Gasteiger partial charge is 0.468 e. The fourth-order valence-electron chi connectivity index (χ4n) is 1.47. The Morgan fingerprint density at radius 1 is 1.28 bits per heavy atom. The fourth-order valence-corrected chi connectivity index (χ4v) is 1.47. The number of carbonyl (C=O) groups is 1. The third-order valence-corrected chi connectivity index (χ3v) is 2.49. The number of alkyl halides is 3. The van der Waals surface area contributed by atoms with Crippen molar-refractivity contribution < 1.29 is 22.7 Å². The van der Waals surface area contributed by atoms with E-state index in [1.165, 1.54) is 19.2 Å². The Morgan fingerprint density at radius 2 is 1.83 bits per heavy atom. The van der Waals surface area contributed by atoms with Gasteiger partial charge in [-0.15, -0.1) is 0 Å². The highest BCUT2D eigenvalue weighted by atomic mass is 19.4. The van der Waals surface area contributed by atoms with Crippen LogP contribution in [-0.2, 0) is 15.7 Å². The van der Waals surface area contributed by atoms with E-state index in [2.05, 4.69) is 4.74 Å². The van der Waals surface area contributed by atoms with Crippen LogP contribution in [0.1, 0.15) is 12.5 Å². The molecular formula is C12H14F3NO2. The first-order valence-corrected chi connectivity index (χ1v) is 5.37. The van der Waals surface area contributed by atoms with E-state index in [1.807, 2.05) is 0 Å². The van der Waals surface area contributed by atoms with Crippen molar-refractivity contribution in [1.29, 1.82) is 0 Å². The molecule has 0 saturated heterocycles. The molecule has 0 aliphatic rings. The topological polar surface area (TPSA) is 29.5 Å². The van der Waals surface area contributed by atoms with E-state index >= 15 is 0 Å². The molecule has 1 aromatic rings. The molecule has 0 aromatic heterocycles. The average Bonchev–Trinajstić information content (AvgIpc) is 2.34. The number of methoxy groups -OCH3 is 1. The number of esters is 1. The minimum absolute atomic E-state index is 0.0123. The normalized spacial score (nSPS) is 11.2. The molecule has 0 atom stereocenters. The summed E-state index contributed by atoms with van der Waals surface area (Å²) in [5, 5.41) is 0. The fraction of sp³-hybridized carbons (Fsp3) is 0.417. The number of likely N-dealkylation sites (N-methyl/N-ethyl adjacent to an activating group) is 1. The lowest BCUT2D eigenvalue weighted by Crippen LogP contribution is -2.30. The summed E-state index contributed by atoms with van der Waals surface area (Å²) in [6, 6.07) is 4.68. The van der Waals surface area contributed by atoms with Crippen LogP contribution in [0, 0.1) is 0 Å². The molecule has 0 N–H and O–H groups in total. The number of carbonyl (C=O) groups excluding carboxylic acids is 1. The van der Waals surface area contributed by atoms with Crippen LogP contribution < -0.4 is 4.90 Å². The van der Waals surface area contributed by atoms with E-state index < -0.39 is 17.7 Å². The molecule has 3 nitrogen and oxygen atoms in total. The molecule has 0 heterocycles. The van der Waals surface area contributed by atoms with Crippen molar-refractivity contribution in [2.45, 2.75) is 13.1 Å². The van der Waals surface area contributed by atoms with Gasteiger partial charge in [-0.3, -0.25) is 4.79 Å². The van der Waals surface area contributed by atoms with Gasteiger partial charge in [0.2, 0.25) is 0 Å². The van der Waals surface area contributed by atoms with Crippen molar-refractivity contribution in [2.75, 3.05) is 25.1 Å². The molecule has 1 rings (SSSR count). The lowest BCUT2D eigenvalue weighted by molar-refractivity contribution is -0.139. The lowest BCUT2D eigenvalue weighted by Gasteiger charge is -2.22. The predicted octanol–water partition coefficient (Wildman–Crippen LogP) is 2.70. The highest BCUT2D eigenvalue weighted by Gasteiger charge is 2.30. The van der Waals surface area contributed by atoms with Gasteiger partial charge in [0.15, 0.2) is 0 Å². The molecule has 18 heavy (non-hydrogen) atoms. The maximum Gasteiger partial charge on any atom is 0.416 e. The standard InChI is InChI=1S/C12H14F3NO2/c1-3-16(8-11(17)18-2)10-6-4-9(5-7-10)12(13,14)15/h4-7H,3,8H2,1-2H3. The van der Waals surface area contributed by atoms with Gasteiger partial charge in [0.1, 0.15) is 6.54 Å². The Hall–Kier alpha value is -1.72. The minimum atomic E-state index is -4.35. The highest BCUT2D eigenvalue weighted by molar-refractivity contribution is 5.75. The zero-order valence-electron chi connectivity index (χ0n) is 10.1. The third kappa shape index (κ3) is 3.65. The number of anilines is 1. The molecule has 0 spiro atoms. The number of halogens is 3.